The molecule has 0 aliphatic carbocycles. The first-order chi connectivity index (χ1) is 9.15. The van der Waals surface area contributed by atoms with Gasteiger partial charge in [0.2, 0.25) is 5.91 Å². The number of hydrogen-bond acceptors (Lipinski definition) is 3. The van der Waals surface area contributed by atoms with Gasteiger partial charge in [0.25, 0.3) is 0 Å². The number of rotatable bonds is 3. The SMILES string of the molecule is CC1CCCN(CC(=O)Nc2ccccc2N)CC1. The van der Waals surface area contributed by atoms with Crippen molar-refractivity contribution >= 4 is 17.3 Å². The first-order valence-electron chi connectivity index (χ1n) is 7.02. The van der Waals surface area contributed by atoms with Gasteiger partial charge in [-0.15, -0.1) is 0 Å². The minimum absolute atomic E-state index is 0.0208. The molecule has 1 amide bonds. The summed E-state index contributed by atoms with van der Waals surface area (Å²) in [5.41, 5.74) is 7.13. The highest BCUT2D eigenvalue weighted by Gasteiger charge is 2.16. The summed E-state index contributed by atoms with van der Waals surface area (Å²) in [6, 6.07) is 7.36. The molecule has 0 radical (unpaired) electrons. The van der Waals surface area contributed by atoms with Gasteiger partial charge >= 0.3 is 0 Å². The highest BCUT2D eigenvalue weighted by molar-refractivity contribution is 5.95. The first kappa shape index (κ1) is 13.9. The summed E-state index contributed by atoms with van der Waals surface area (Å²) in [5.74, 6) is 0.797. The zero-order valence-corrected chi connectivity index (χ0v) is 11.6. The molecular weight excluding hydrogens is 238 g/mol. The number of benzene rings is 1. The average molecular weight is 261 g/mol. The van der Waals surface area contributed by atoms with E-state index in [1.54, 1.807) is 6.07 Å². The quantitative estimate of drug-likeness (QED) is 0.821. The van der Waals surface area contributed by atoms with Crippen LogP contribution in [0.25, 0.3) is 0 Å². The van der Waals surface area contributed by atoms with Gasteiger partial charge in [0.05, 0.1) is 17.9 Å². The number of nitrogens with zero attached hydrogens (tertiary/aromatic N) is 1. The van der Waals surface area contributed by atoms with E-state index < -0.39 is 0 Å². The van der Waals surface area contributed by atoms with E-state index in [9.17, 15) is 4.79 Å². The van der Waals surface area contributed by atoms with Gasteiger partial charge in [0, 0.05) is 0 Å². The van der Waals surface area contributed by atoms with Crippen molar-refractivity contribution in [3.05, 3.63) is 24.3 Å². The molecule has 4 heteroatoms. The van der Waals surface area contributed by atoms with Gasteiger partial charge in [-0.3, -0.25) is 9.69 Å². The largest absolute Gasteiger partial charge is 0.397 e. The van der Waals surface area contributed by atoms with Crippen LogP contribution in [0.2, 0.25) is 0 Å². The summed E-state index contributed by atoms with van der Waals surface area (Å²) in [6.07, 6.45) is 3.63. The Morgan fingerprint density at radius 3 is 2.95 bits per heavy atom. The van der Waals surface area contributed by atoms with Crippen LogP contribution in [0.4, 0.5) is 11.4 Å². The third kappa shape index (κ3) is 4.24. The smallest absolute Gasteiger partial charge is 0.238 e. The van der Waals surface area contributed by atoms with E-state index in [-0.39, 0.29) is 5.91 Å². The standard InChI is InChI=1S/C15H23N3O/c1-12-5-4-9-18(10-8-12)11-15(19)17-14-7-3-2-6-13(14)16/h2-3,6-7,12H,4-5,8-11,16H2,1H3,(H,17,19). The van der Waals surface area contributed by atoms with Crippen molar-refractivity contribution in [1.29, 1.82) is 0 Å². The number of nitrogens with two attached hydrogens (primary N) is 1. The van der Waals surface area contributed by atoms with E-state index in [1.807, 2.05) is 18.2 Å². The Kier molecular flexibility index (Phi) is 4.80. The Morgan fingerprint density at radius 1 is 1.37 bits per heavy atom. The Hall–Kier alpha value is -1.55. The van der Waals surface area contributed by atoms with Crippen LogP contribution in [-0.2, 0) is 4.79 Å². The van der Waals surface area contributed by atoms with Crippen molar-refractivity contribution in [2.24, 2.45) is 5.92 Å². The molecule has 19 heavy (non-hydrogen) atoms. The minimum Gasteiger partial charge on any atom is -0.397 e. The number of carbonyl (C=O) groups is 1. The van der Waals surface area contributed by atoms with Gasteiger partial charge in [-0.25, -0.2) is 0 Å². The van der Waals surface area contributed by atoms with E-state index in [2.05, 4.69) is 17.1 Å². The molecule has 0 bridgehead atoms. The van der Waals surface area contributed by atoms with Gasteiger partial charge in [0.15, 0.2) is 0 Å². The predicted molar refractivity (Wildman–Crippen MR) is 78.9 cm³/mol. The second-order valence-corrected chi connectivity index (χ2v) is 5.45. The van der Waals surface area contributed by atoms with Gasteiger partial charge in [-0.2, -0.15) is 0 Å². The van der Waals surface area contributed by atoms with Gasteiger partial charge < -0.3 is 11.1 Å². The maximum absolute atomic E-state index is 12.0. The lowest BCUT2D eigenvalue weighted by molar-refractivity contribution is -0.117. The summed E-state index contributed by atoms with van der Waals surface area (Å²) in [5, 5.41) is 2.88. The lowest BCUT2D eigenvalue weighted by atomic mass is 10.0. The fourth-order valence-corrected chi connectivity index (χ4v) is 2.48. The summed E-state index contributed by atoms with van der Waals surface area (Å²) in [6.45, 7) is 4.77. The molecule has 1 aliphatic heterocycles. The molecule has 4 nitrogen and oxygen atoms in total. The number of amides is 1. The average Bonchev–Trinajstić information content (AvgIpc) is 2.57. The molecule has 104 valence electrons. The molecule has 3 N–H and O–H groups in total. The van der Waals surface area contributed by atoms with Gasteiger partial charge in [0.1, 0.15) is 0 Å². The summed E-state index contributed by atoms with van der Waals surface area (Å²) < 4.78 is 0. The summed E-state index contributed by atoms with van der Waals surface area (Å²) in [7, 11) is 0. The Balaban J connectivity index is 1.86. The Morgan fingerprint density at radius 2 is 2.16 bits per heavy atom. The molecule has 0 spiro atoms. The fourth-order valence-electron chi connectivity index (χ4n) is 2.48. The van der Waals surface area contributed by atoms with Gasteiger partial charge in [-0.1, -0.05) is 19.1 Å². The molecule has 1 saturated heterocycles. The van der Waals surface area contributed by atoms with Crippen LogP contribution in [0.1, 0.15) is 26.2 Å². The van der Waals surface area contributed by atoms with E-state index in [0.717, 1.165) is 19.0 Å². The Labute approximate surface area is 115 Å². The zero-order chi connectivity index (χ0) is 13.7. The van der Waals surface area contributed by atoms with Crippen molar-refractivity contribution in [1.82, 2.24) is 4.90 Å². The minimum atomic E-state index is 0.0208. The number of nitrogens with one attached hydrogen (secondary N) is 1. The molecule has 1 heterocycles. The normalized spacial score (nSPS) is 20.8. The molecule has 1 atom stereocenters. The molecule has 1 aromatic carbocycles. The predicted octanol–water partition coefficient (Wildman–Crippen LogP) is 2.33. The number of anilines is 2. The number of hydrogen-bond donors (Lipinski definition) is 2. The molecule has 1 aliphatic rings. The fraction of sp³-hybridized carbons (Fsp3) is 0.533. The van der Waals surface area contributed by atoms with Crippen molar-refractivity contribution < 1.29 is 4.79 Å². The van der Waals surface area contributed by atoms with Crippen LogP contribution in [0, 0.1) is 5.92 Å². The third-order valence-electron chi connectivity index (χ3n) is 3.71. The van der Waals surface area contributed by atoms with E-state index in [1.165, 1.54) is 19.3 Å². The van der Waals surface area contributed by atoms with Crippen LogP contribution in [0.3, 0.4) is 0 Å². The maximum atomic E-state index is 12.0. The first-order valence-corrected chi connectivity index (χ1v) is 7.02. The highest BCUT2D eigenvalue weighted by Crippen LogP contribution is 2.18. The number of carbonyl (C=O) groups excluding carboxylic acids is 1. The monoisotopic (exact) mass is 261 g/mol. The second kappa shape index (κ2) is 6.57. The number of nitrogen functional groups attached to an aromatic ring is 1. The van der Waals surface area contributed by atoms with E-state index >= 15 is 0 Å². The molecular formula is C15H23N3O. The molecule has 1 unspecified atom stereocenters. The van der Waals surface area contributed by atoms with Crippen LogP contribution in [0.5, 0.6) is 0 Å². The third-order valence-corrected chi connectivity index (χ3v) is 3.71. The molecule has 2 rings (SSSR count). The second-order valence-electron chi connectivity index (χ2n) is 5.45. The van der Waals surface area contributed by atoms with Crippen molar-refractivity contribution in [2.45, 2.75) is 26.2 Å². The van der Waals surface area contributed by atoms with Crippen LogP contribution >= 0.6 is 0 Å². The lowest BCUT2D eigenvalue weighted by Crippen LogP contribution is -2.34. The van der Waals surface area contributed by atoms with Crippen molar-refractivity contribution in [2.75, 3.05) is 30.7 Å². The summed E-state index contributed by atoms with van der Waals surface area (Å²) in [4.78, 5) is 14.3. The lowest BCUT2D eigenvalue weighted by Gasteiger charge is -2.19. The van der Waals surface area contributed by atoms with Crippen LogP contribution in [-0.4, -0.2) is 30.4 Å². The van der Waals surface area contributed by atoms with E-state index in [4.69, 9.17) is 5.73 Å². The van der Waals surface area contributed by atoms with Crippen LogP contribution < -0.4 is 11.1 Å². The topological polar surface area (TPSA) is 58.4 Å². The molecule has 1 fully saturated rings. The zero-order valence-electron chi connectivity index (χ0n) is 11.6. The Bertz CT molecular complexity index is 433. The van der Waals surface area contributed by atoms with Crippen molar-refractivity contribution in [3.63, 3.8) is 0 Å². The van der Waals surface area contributed by atoms with Gasteiger partial charge in [-0.05, 0) is 50.4 Å². The molecule has 0 saturated carbocycles. The summed E-state index contributed by atoms with van der Waals surface area (Å²) >= 11 is 0. The van der Waals surface area contributed by atoms with Crippen LogP contribution in [0.15, 0.2) is 24.3 Å². The molecule has 0 aromatic heterocycles. The highest BCUT2D eigenvalue weighted by atomic mass is 16.2. The number of likely N-dealkylation sites (tertiary alicyclic amines) is 1. The molecule has 1 aromatic rings. The van der Waals surface area contributed by atoms with Crippen molar-refractivity contribution in [3.8, 4) is 0 Å². The number of para-hydroxylation sites is 2. The van der Waals surface area contributed by atoms with E-state index in [0.29, 0.717) is 17.9 Å². The maximum Gasteiger partial charge on any atom is 0.238 e.